The Bertz CT molecular complexity index is 442. The lowest BCUT2D eigenvalue weighted by atomic mass is 10.3. The van der Waals surface area contributed by atoms with Crippen LogP contribution in [0.5, 0.6) is 0 Å². The van der Waals surface area contributed by atoms with E-state index in [1.54, 1.807) is 5.38 Å². The van der Waals surface area contributed by atoms with Gasteiger partial charge in [0.25, 0.3) is 0 Å². The fourth-order valence-corrected chi connectivity index (χ4v) is 1.78. The topological polar surface area (TPSA) is 106 Å². The van der Waals surface area contributed by atoms with Gasteiger partial charge in [-0.05, 0) is 6.92 Å². The number of carbonyl (C=O) groups excluding carboxylic acids is 2. The van der Waals surface area contributed by atoms with Crippen LogP contribution in [0, 0.1) is 5.41 Å². The minimum Gasteiger partial charge on any atom is -0.465 e. The van der Waals surface area contributed by atoms with E-state index >= 15 is 0 Å². The summed E-state index contributed by atoms with van der Waals surface area (Å²) in [6, 6.07) is 0. The zero-order valence-corrected chi connectivity index (χ0v) is 10.2. The van der Waals surface area contributed by atoms with Crippen molar-refractivity contribution in [2.45, 2.75) is 19.8 Å². The maximum atomic E-state index is 11.0. The zero-order chi connectivity index (χ0) is 12.8. The van der Waals surface area contributed by atoms with E-state index in [4.69, 9.17) is 15.9 Å². The Morgan fingerprint density at radius 3 is 2.82 bits per heavy atom. The molecule has 0 aliphatic heterocycles. The number of rotatable bonds is 6. The first-order valence-corrected chi connectivity index (χ1v) is 5.81. The van der Waals surface area contributed by atoms with Gasteiger partial charge in [0.05, 0.1) is 12.3 Å². The number of thiazole rings is 1. The number of nitrogen functional groups attached to an aromatic ring is 1. The van der Waals surface area contributed by atoms with Crippen LogP contribution in [0.3, 0.4) is 0 Å². The summed E-state index contributed by atoms with van der Waals surface area (Å²) in [5.74, 6) is -0.822. The van der Waals surface area contributed by atoms with Crippen molar-refractivity contribution in [1.82, 2.24) is 4.98 Å². The normalized spacial score (nSPS) is 9.94. The molecule has 1 aromatic heterocycles. The van der Waals surface area contributed by atoms with Crippen molar-refractivity contribution in [1.29, 1.82) is 5.41 Å². The number of aromatic nitrogens is 1. The van der Waals surface area contributed by atoms with Gasteiger partial charge in [-0.2, -0.15) is 0 Å². The van der Waals surface area contributed by atoms with Crippen molar-refractivity contribution in [2.75, 3.05) is 6.61 Å². The van der Waals surface area contributed by atoms with E-state index in [1.165, 1.54) is 18.3 Å². The van der Waals surface area contributed by atoms with E-state index in [0.717, 1.165) is 5.69 Å². The highest BCUT2D eigenvalue weighted by Gasteiger charge is 2.08. The van der Waals surface area contributed by atoms with Crippen molar-refractivity contribution in [3.8, 4) is 0 Å². The molecular weight excluding hydrogens is 242 g/mol. The van der Waals surface area contributed by atoms with E-state index in [1.807, 2.05) is 0 Å². The lowest BCUT2D eigenvalue weighted by molar-refractivity contribution is -0.145. The average molecular weight is 255 g/mol. The molecular formula is C10H13N3O3S. The Kier molecular flexibility index (Phi) is 4.77. The Labute approximate surface area is 102 Å². The Hall–Kier alpha value is -1.76. The molecule has 0 aromatic carbocycles. The molecule has 0 atom stereocenters. The third-order valence-corrected chi connectivity index (χ3v) is 2.72. The van der Waals surface area contributed by atoms with Gasteiger partial charge in [0.2, 0.25) is 0 Å². The summed E-state index contributed by atoms with van der Waals surface area (Å²) in [7, 11) is 0. The van der Waals surface area contributed by atoms with Gasteiger partial charge in [-0.15, -0.1) is 11.3 Å². The number of nitrogens with two attached hydrogens (primary N) is 1. The quantitative estimate of drug-likeness (QED) is 0.333. The van der Waals surface area contributed by atoms with E-state index < -0.39 is 5.97 Å². The first kappa shape index (κ1) is 13.3. The van der Waals surface area contributed by atoms with Crippen LogP contribution in [0.25, 0.3) is 0 Å². The average Bonchev–Trinajstić information content (AvgIpc) is 2.65. The Morgan fingerprint density at radius 1 is 1.59 bits per heavy atom. The van der Waals surface area contributed by atoms with Gasteiger partial charge in [-0.25, -0.2) is 4.98 Å². The second-order valence-electron chi connectivity index (χ2n) is 3.41. The molecule has 92 valence electrons. The van der Waals surface area contributed by atoms with Crippen molar-refractivity contribution in [2.24, 2.45) is 5.73 Å². The summed E-state index contributed by atoms with van der Waals surface area (Å²) >= 11 is 1.27. The minimum atomic E-state index is -0.528. The van der Waals surface area contributed by atoms with Crippen LogP contribution in [0.1, 0.15) is 24.0 Å². The molecule has 0 aliphatic rings. The summed E-state index contributed by atoms with van der Waals surface area (Å²) in [6.07, 6.45) is 0.253. The van der Waals surface area contributed by atoms with Crippen LogP contribution in [-0.2, 0) is 20.7 Å². The Balaban J connectivity index is 2.33. The van der Waals surface area contributed by atoms with Gasteiger partial charge in [0, 0.05) is 11.8 Å². The highest BCUT2D eigenvalue weighted by atomic mass is 32.1. The monoisotopic (exact) mass is 255 g/mol. The van der Waals surface area contributed by atoms with E-state index in [0.29, 0.717) is 11.4 Å². The van der Waals surface area contributed by atoms with Crippen LogP contribution in [0.15, 0.2) is 5.38 Å². The summed E-state index contributed by atoms with van der Waals surface area (Å²) < 4.78 is 4.85. The molecule has 0 saturated carbocycles. The molecule has 0 saturated heterocycles. The van der Waals surface area contributed by atoms with Crippen LogP contribution < -0.4 is 5.73 Å². The van der Waals surface area contributed by atoms with Gasteiger partial charge in [0.1, 0.15) is 12.2 Å². The van der Waals surface area contributed by atoms with Crippen molar-refractivity contribution < 1.29 is 14.3 Å². The number of esters is 1. The number of ketones is 1. The van der Waals surface area contributed by atoms with E-state index in [-0.39, 0.29) is 24.6 Å². The number of amidine groups is 1. The Morgan fingerprint density at radius 2 is 2.29 bits per heavy atom. The fourth-order valence-electron chi connectivity index (χ4n) is 1.07. The molecule has 1 aromatic rings. The van der Waals surface area contributed by atoms with Crippen LogP contribution in [-0.4, -0.2) is 29.2 Å². The molecule has 0 bridgehead atoms. The van der Waals surface area contributed by atoms with E-state index in [2.05, 4.69) is 4.98 Å². The third kappa shape index (κ3) is 4.73. The van der Waals surface area contributed by atoms with Gasteiger partial charge in [-0.3, -0.25) is 15.0 Å². The smallest absolute Gasteiger partial charge is 0.313 e. The van der Waals surface area contributed by atoms with Crippen LogP contribution >= 0.6 is 11.3 Å². The van der Waals surface area contributed by atoms with Crippen molar-refractivity contribution in [3.05, 3.63) is 16.1 Å². The third-order valence-electron chi connectivity index (χ3n) is 1.80. The predicted molar refractivity (Wildman–Crippen MR) is 63.1 cm³/mol. The molecule has 7 heteroatoms. The minimum absolute atomic E-state index is 0.0742. The summed E-state index contributed by atoms with van der Waals surface area (Å²) in [5, 5.41) is 9.39. The number of hydrogen-bond acceptors (Lipinski definition) is 6. The maximum Gasteiger partial charge on any atom is 0.313 e. The van der Waals surface area contributed by atoms with Crippen molar-refractivity contribution >= 4 is 28.9 Å². The molecule has 0 aliphatic carbocycles. The number of nitrogens with one attached hydrogen (secondary N) is 1. The molecule has 3 N–H and O–H groups in total. The number of carbonyl (C=O) groups is 2. The number of Topliss-reactive ketones (excluding diaryl/α,β-unsaturated/α-hetero) is 1. The number of ether oxygens (including phenoxy) is 1. The predicted octanol–water partition coefficient (Wildman–Crippen LogP) is 0.492. The molecule has 0 unspecified atom stereocenters. The molecule has 6 nitrogen and oxygen atoms in total. The van der Waals surface area contributed by atoms with Crippen molar-refractivity contribution in [3.63, 3.8) is 0 Å². The van der Waals surface area contributed by atoms with Gasteiger partial charge < -0.3 is 10.5 Å². The van der Waals surface area contributed by atoms with Gasteiger partial charge >= 0.3 is 5.97 Å². The summed E-state index contributed by atoms with van der Waals surface area (Å²) in [4.78, 5) is 25.7. The molecule has 1 rings (SSSR count). The zero-order valence-electron chi connectivity index (χ0n) is 9.36. The number of nitrogens with zero attached hydrogens (tertiary/aromatic N) is 1. The lowest BCUT2D eigenvalue weighted by Gasteiger charge is -2.01. The lowest BCUT2D eigenvalue weighted by Crippen LogP contribution is -2.12. The molecule has 0 spiro atoms. The molecule has 0 radical (unpaired) electrons. The summed E-state index contributed by atoms with van der Waals surface area (Å²) in [6.45, 7) is 1.51. The highest BCUT2D eigenvalue weighted by molar-refractivity contribution is 7.11. The van der Waals surface area contributed by atoms with Crippen LogP contribution in [0.4, 0.5) is 0 Å². The highest BCUT2D eigenvalue weighted by Crippen LogP contribution is 2.09. The van der Waals surface area contributed by atoms with Crippen LogP contribution in [0.2, 0.25) is 0 Å². The molecule has 1 heterocycles. The molecule has 0 amide bonds. The molecule has 0 fully saturated rings. The fraction of sp³-hybridized carbons (Fsp3) is 0.400. The second-order valence-corrected chi connectivity index (χ2v) is 4.27. The van der Waals surface area contributed by atoms with Gasteiger partial charge in [0.15, 0.2) is 10.8 Å². The largest absolute Gasteiger partial charge is 0.465 e. The van der Waals surface area contributed by atoms with E-state index in [9.17, 15) is 9.59 Å². The molecule has 17 heavy (non-hydrogen) atoms. The number of hydrogen-bond donors (Lipinski definition) is 2. The SMILES string of the molecule is CC(=O)CC(=O)OCCc1csc(C(=N)N)n1. The first-order valence-electron chi connectivity index (χ1n) is 4.93. The maximum absolute atomic E-state index is 11.0. The standard InChI is InChI=1S/C10H13N3O3S/c1-6(14)4-8(15)16-3-2-7-5-17-10(13-7)9(11)12/h5H,2-4H2,1H3,(H3,11,12). The van der Waals surface area contributed by atoms with Gasteiger partial charge in [-0.1, -0.05) is 0 Å². The first-order chi connectivity index (χ1) is 7.99. The second kappa shape index (κ2) is 6.09. The summed E-state index contributed by atoms with van der Waals surface area (Å²) in [5.41, 5.74) is 5.99.